The Hall–Kier alpha value is -2.27. The largest absolute Gasteiger partial charge is 0.462 e. The molecule has 2 saturated carbocycles. The number of hydrogen-bond acceptors (Lipinski definition) is 4. The van der Waals surface area contributed by atoms with Crippen LogP contribution in [0.15, 0.2) is 47.8 Å². The highest BCUT2D eigenvalue weighted by Crippen LogP contribution is 2.64. The van der Waals surface area contributed by atoms with Crippen molar-refractivity contribution in [3.63, 3.8) is 0 Å². The molecule has 0 bridgehead atoms. The van der Waals surface area contributed by atoms with E-state index in [4.69, 9.17) is 4.74 Å². The summed E-state index contributed by atoms with van der Waals surface area (Å²) in [5.41, 5.74) is 5.29. The normalized spacial score (nSPS) is 36.7. The standard InChI is InChI=1S/C31H39FN2O2/c1-30-12-8-24(36-29(35)20-10-14-34(3)15-11-20)17-22(30)4-5-25-27-7-6-26(21-16-23(32)19-33-18-21)31(27,2)13-9-28(25)30/h4,6-7,16,18-20,24-25,28H,5,8-15,17H2,1-3H3/t24-,25-,28-,30-,31+/m0/s1. The first-order valence-corrected chi connectivity index (χ1v) is 13.9. The Morgan fingerprint density at radius 2 is 1.92 bits per heavy atom. The third kappa shape index (κ3) is 3.89. The smallest absolute Gasteiger partial charge is 0.309 e. The summed E-state index contributed by atoms with van der Waals surface area (Å²) in [5.74, 6) is 0.956. The van der Waals surface area contributed by atoms with E-state index in [0.717, 1.165) is 63.6 Å². The minimum atomic E-state index is -0.273. The summed E-state index contributed by atoms with van der Waals surface area (Å²) in [6, 6.07) is 1.63. The Morgan fingerprint density at radius 1 is 1.11 bits per heavy atom. The molecule has 2 heterocycles. The van der Waals surface area contributed by atoms with Crippen molar-refractivity contribution in [1.29, 1.82) is 0 Å². The number of piperidine rings is 1. The van der Waals surface area contributed by atoms with Gasteiger partial charge in [0.15, 0.2) is 0 Å². The number of allylic oxidation sites excluding steroid dienone is 5. The van der Waals surface area contributed by atoms with Crippen LogP contribution in [0.2, 0.25) is 0 Å². The van der Waals surface area contributed by atoms with Crippen molar-refractivity contribution in [2.45, 2.75) is 71.3 Å². The Morgan fingerprint density at radius 3 is 2.69 bits per heavy atom. The molecule has 4 nitrogen and oxygen atoms in total. The first-order valence-electron chi connectivity index (χ1n) is 13.9. The molecule has 5 atom stereocenters. The van der Waals surface area contributed by atoms with E-state index >= 15 is 0 Å². The van der Waals surface area contributed by atoms with Gasteiger partial charge in [0.1, 0.15) is 11.9 Å². The number of nitrogens with zero attached hydrogens (tertiary/aromatic N) is 2. The fourth-order valence-corrected chi connectivity index (χ4v) is 8.21. The maximum atomic E-state index is 14.0. The molecule has 1 aromatic heterocycles. The van der Waals surface area contributed by atoms with Gasteiger partial charge in [0.05, 0.1) is 12.1 Å². The van der Waals surface area contributed by atoms with Crippen LogP contribution in [0.3, 0.4) is 0 Å². The Kier molecular flexibility index (Phi) is 5.98. The van der Waals surface area contributed by atoms with Crippen LogP contribution in [0.5, 0.6) is 0 Å². The van der Waals surface area contributed by atoms with Crippen molar-refractivity contribution >= 4 is 11.5 Å². The van der Waals surface area contributed by atoms with E-state index in [1.165, 1.54) is 29.3 Å². The molecule has 1 aliphatic heterocycles. The number of carbonyl (C=O) groups is 1. The first-order chi connectivity index (χ1) is 17.3. The first kappa shape index (κ1) is 24.1. The van der Waals surface area contributed by atoms with Gasteiger partial charge < -0.3 is 9.64 Å². The van der Waals surface area contributed by atoms with Gasteiger partial charge in [-0.2, -0.15) is 0 Å². The number of halogens is 1. The minimum absolute atomic E-state index is 0.0287. The molecular weight excluding hydrogens is 451 g/mol. The van der Waals surface area contributed by atoms with Crippen LogP contribution < -0.4 is 0 Å². The van der Waals surface area contributed by atoms with Crippen molar-refractivity contribution in [3.8, 4) is 0 Å². The zero-order valence-corrected chi connectivity index (χ0v) is 21.9. The summed E-state index contributed by atoms with van der Waals surface area (Å²) in [6.07, 6.45) is 18.2. The fraction of sp³-hybridized carbons (Fsp3) is 0.613. The average Bonchev–Trinajstić information content (AvgIpc) is 3.22. The lowest BCUT2D eigenvalue weighted by Gasteiger charge is -2.56. The number of hydrogen-bond donors (Lipinski definition) is 0. The average molecular weight is 491 g/mol. The number of aromatic nitrogens is 1. The second kappa shape index (κ2) is 8.93. The third-order valence-electron chi connectivity index (χ3n) is 10.5. The third-order valence-corrected chi connectivity index (χ3v) is 10.5. The predicted molar refractivity (Wildman–Crippen MR) is 139 cm³/mol. The van der Waals surface area contributed by atoms with Gasteiger partial charge >= 0.3 is 5.97 Å². The van der Waals surface area contributed by atoms with Gasteiger partial charge in [0.25, 0.3) is 0 Å². The van der Waals surface area contributed by atoms with E-state index in [0.29, 0.717) is 11.8 Å². The molecule has 0 spiro atoms. The molecule has 0 radical (unpaired) electrons. The molecule has 4 aliphatic carbocycles. The van der Waals surface area contributed by atoms with Crippen molar-refractivity contribution < 1.29 is 13.9 Å². The highest BCUT2D eigenvalue weighted by molar-refractivity contribution is 5.78. The minimum Gasteiger partial charge on any atom is -0.462 e. The molecule has 6 rings (SSSR count). The van der Waals surface area contributed by atoms with Gasteiger partial charge in [0, 0.05) is 18.0 Å². The van der Waals surface area contributed by atoms with Crippen molar-refractivity contribution in [3.05, 3.63) is 59.2 Å². The SMILES string of the molecule is CN1CCC(C(=O)O[C@H]2CC[C@@]3(C)C(=CC[C@H]4C5=CC=C(c6cncc(F)c6)[C@@]5(C)CC[C@@H]43)C2)CC1. The van der Waals surface area contributed by atoms with Crippen molar-refractivity contribution in [1.82, 2.24) is 9.88 Å². The molecule has 0 aromatic carbocycles. The molecule has 0 unspecified atom stereocenters. The van der Waals surface area contributed by atoms with Crippen LogP contribution in [0.4, 0.5) is 4.39 Å². The summed E-state index contributed by atoms with van der Waals surface area (Å²) in [5, 5.41) is 0. The van der Waals surface area contributed by atoms with Gasteiger partial charge in [-0.1, -0.05) is 43.2 Å². The highest BCUT2D eigenvalue weighted by atomic mass is 19.1. The number of fused-ring (bicyclic) bond motifs is 5. The van der Waals surface area contributed by atoms with Crippen LogP contribution in [-0.2, 0) is 9.53 Å². The Bertz CT molecular complexity index is 1150. The molecule has 5 aliphatic rings. The van der Waals surface area contributed by atoms with Crippen LogP contribution in [-0.4, -0.2) is 42.1 Å². The van der Waals surface area contributed by atoms with E-state index in [1.54, 1.807) is 12.3 Å². The van der Waals surface area contributed by atoms with Crippen LogP contribution in [0.1, 0.15) is 70.8 Å². The van der Waals surface area contributed by atoms with Gasteiger partial charge in [-0.25, -0.2) is 4.39 Å². The van der Waals surface area contributed by atoms with E-state index < -0.39 is 0 Å². The van der Waals surface area contributed by atoms with Gasteiger partial charge in [0.2, 0.25) is 0 Å². The predicted octanol–water partition coefficient (Wildman–Crippen LogP) is 6.35. The zero-order valence-electron chi connectivity index (χ0n) is 21.9. The van der Waals surface area contributed by atoms with E-state index in [1.807, 2.05) is 0 Å². The zero-order chi connectivity index (χ0) is 25.1. The maximum Gasteiger partial charge on any atom is 0.309 e. The van der Waals surface area contributed by atoms with Gasteiger partial charge in [-0.05, 0) is 99.5 Å². The summed E-state index contributed by atoms with van der Waals surface area (Å²) in [4.78, 5) is 19.3. The quantitative estimate of drug-likeness (QED) is 0.366. The van der Waals surface area contributed by atoms with Crippen LogP contribution >= 0.6 is 0 Å². The molecule has 5 heteroatoms. The fourth-order valence-electron chi connectivity index (χ4n) is 8.21. The number of carbonyl (C=O) groups excluding carboxylic acids is 1. The number of esters is 1. The molecule has 1 aromatic rings. The van der Waals surface area contributed by atoms with E-state index in [2.05, 4.69) is 49.0 Å². The summed E-state index contributed by atoms with van der Waals surface area (Å²) >= 11 is 0. The van der Waals surface area contributed by atoms with E-state index in [-0.39, 0.29) is 34.6 Å². The molecule has 36 heavy (non-hydrogen) atoms. The molecule has 1 saturated heterocycles. The van der Waals surface area contributed by atoms with Crippen molar-refractivity contribution in [2.24, 2.45) is 28.6 Å². The number of pyridine rings is 1. The second-order valence-corrected chi connectivity index (χ2v) is 12.4. The monoisotopic (exact) mass is 490 g/mol. The summed E-state index contributed by atoms with van der Waals surface area (Å²) < 4.78 is 20.1. The Balaban J connectivity index is 1.16. The van der Waals surface area contributed by atoms with Crippen LogP contribution in [0, 0.1) is 34.4 Å². The van der Waals surface area contributed by atoms with Gasteiger partial charge in [-0.15, -0.1) is 0 Å². The lowest BCUT2D eigenvalue weighted by atomic mass is 9.49. The van der Waals surface area contributed by atoms with E-state index in [9.17, 15) is 9.18 Å². The van der Waals surface area contributed by atoms with Crippen molar-refractivity contribution in [2.75, 3.05) is 20.1 Å². The topological polar surface area (TPSA) is 42.4 Å². The Labute approximate surface area is 214 Å². The molecule has 0 amide bonds. The van der Waals surface area contributed by atoms with Crippen LogP contribution in [0.25, 0.3) is 5.57 Å². The highest BCUT2D eigenvalue weighted by Gasteiger charge is 2.54. The molecular formula is C31H39FN2O2. The molecule has 192 valence electrons. The number of rotatable bonds is 3. The van der Waals surface area contributed by atoms with Gasteiger partial charge in [-0.3, -0.25) is 9.78 Å². The lowest BCUT2D eigenvalue weighted by molar-refractivity contribution is -0.157. The molecule has 0 N–H and O–H groups in total. The molecule has 3 fully saturated rings. The summed E-state index contributed by atoms with van der Waals surface area (Å²) in [6.45, 7) is 6.78. The lowest BCUT2D eigenvalue weighted by Crippen LogP contribution is -2.47. The number of ether oxygens (including phenoxy) is 1. The number of likely N-dealkylation sites (tertiary alicyclic amines) is 1. The summed E-state index contributed by atoms with van der Waals surface area (Å²) in [7, 11) is 2.12. The maximum absolute atomic E-state index is 14.0. The second-order valence-electron chi connectivity index (χ2n) is 12.4.